The van der Waals surface area contributed by atoms with Crippen molar-refractivity contribution in [3.63, 3.8) is 0 Å². The standard InChI is InChI=1S/C14H21N3O2/c1-3-15-14(18)12-5-4-7-16-13(12)17-8-6-11(9-17)10-19-2/h4-5,7,11H,3,6,8-10H2,1-2H3,(H,15,18)/t11-/m0/s1. The molecule has 2 rings (SSSR count). The molecular formula is C14H21N3O2. The molecule has 0 bridgehead atoms. The first-order valence-corrected chi connectivity index (χ1v) is 6.73. The molecule has 0 saturated carbocycles. The van der Waals surface area contributed by atoms with E-state index in [1.807, 2.05) is 13.0 Å². The third-order valence-corrected chi connectivity index (χ3v) is 3.36. The summed E-state index contributed by atoms with van der Waals surface area (Å²) in [6, 6.07) is 3.63. The van der Waals surface area contributed by atoms with E-state index in [-0.39, 0.29) is 5.91 Å². The van der Waals surface area contributed by atoms with Crippen LogP contribution >= 0.6 is 0 Å². The van der Waals surface area contributed by atoms with Gasteiger partial charge in [0.15, 0.2) is 0 Å². The normalized spacial score (nSPS) is 18.6. The lowest BCUT2D eigenvalue weighted by atomic mass is 10.1. The highest BCUT2D eigenvalue weighted by atomic mass is 16.5. The van der Waals surface area contributed by atoms with Crippen LogP contribution in [0.3, 0.4) is 0 Å². The van der Waals surface area contributed by atoms with Gasteiger partial charge < -0.3 is 15.0 Å². The van der Waals surface area contributed by atoms with E-state index in [4.69, 9.17) is 4.74 Å². The number of pyridine rings is 1. The van der Waals surface area contributed by atoms with Crippen LogP contribution in [0.25, 0.3) is 0 Å². The van der Waals surface area contributed by atoms with E-state index in [9.17, 15) is 4.79 Å². The van der Waals surface area contributed by atoms with Crippen LogP contribution < -0.4 is 10.2 Å². The lowest BCUT2D eigenvalue weighted by Crippen LogP contribution is -2.28. The molecule has 1 saturated heterocycles. The zero-order valence-electron chi connectivity index (χ0n) is 11.6. The largest absolute Gasteiger partial charge is 0.384 e. The van der Waals surface area contributed by atoms with Gasteiger partial charge >= 0.3 is 0 Å². The maximum Gasteiger partial charge on any atom is 0.255 e. The number of nitrogens with zero attached hydrogens (tertiary/aromatic N) is 2. The van der Waals surface area contributed by atoms with E-state index in [2.05, 4.69) is 15.2 Å². The number of carbonyl (C=O) groups is 1. The Hall–Kier alpha value is -1.62. The van der Waals surface area contributed by atoms with Crippen LogP contribution in [0.1, 0.15) is 23.7 Å². The smallest absolute Gasteiger partial charge is 0.255 e. The summed E-state index contributed by atoms with van der Waals surface area (Å²) in [6.45, 7) is 5.13. The molecule has 5 heteroatoms. The van der Waals surface area contributed by atoms with Crippen molar-refractivity contribution < 1.29 is 9.53 Å². The molecule has 2 heterocycles. The molecule has 1 aliphatic rings. The summed E-state index contributed by atoms with van der Waals surface area (Å²) in [4.78, 5) is 18.6. The average Bonchev–Trinajstić information content (AvgIpc) is 2.88. The van der Waals surface area contributed by atoms with Gasteiger partial charge in [0, 0.05) is 38.9 Å². The Balaban J connectivity index is 2.14. The lowest BCUT2D eigenvalue weighted by molar-refractivity contribution is 0.0956. The minimum absolute atomic E-state index is 0.0548. The second-order valence-electron chi connectivity index (χ2n) is 4.79. The first-order chi connectivity index (χ1) is 9.26. The van der Waals surface area contributed by atoms with E-state index in [0.29, 0.717) is 18.0 Å². The molecule has 1 fully saturated rings. The number of methoxy groups -OCH3 is 1. The van der Waals surface area contributed by atoms with Gasteiger partial charge in [0.05, 0.1) is 12.2 Å². The van der Waals surface area contributed by atoms with Gasteiger partial charge in [0.2, 0.25) is 0 Å². The highest BCUT2D eigenvalue weighted by molar-refractivity contribution is 5.98. The van der Waals surface area contributed by atoms with Crippen LogP contribution in [0.2, 0.25) is 0 Å². The molecule has 0 aliphatic carbocycles. The van der Waals surface area contributed by atoms with E-state index >= 15 is 0 Å². The highest BCUT2D eigenvalue weighted by Gasteiger charge is 2.26. The minimum atomic E-state index is -0.0548. The van der Waals surface area contributed by atoms with E-state index in [0.717, 1.165) is 31.9 Å². The van der Waals surface area contributed by atoms with Crippen molar-refractivity contribution in [2.24, 2.45) is 5.92 Å². The maximum atomic E-state index is 12.0. The van der Waals surface area contributed by atoms with Gasteiger partial charge in [-0.15, -0.1) is 0 Å². The van der Waals surface area contributed by atoms with Crippen molar-refractivity contribution >= 4 is 11.7 Å². The Labute approximate surface area is 114 Å². The van der Waals surface area contributed by atoms with Crippen LogP contribution in [0, 0.1) is 5.92 Å². The van der Waals surface area contributed by atoms with Gasteiger partial charge in [-0.3, -0.25) is 4.79 Å². The third-order valence-electron chi connectivity index (χ3n) is 3.36. The zero-order valence-corrected chi connectivity index (χ0v) is 11.6. The van der Waals surface area contributed by atoms with Crippen LogP contribution in [0.4, 0.5) is 5.82 Å². The fourth-order valence-electron chi connectivity index (χ4n) is 2.48. The molecule has 104 valence electrons. The first-order valence-electron chi connectivity index (χ1n) is 6.73. The van der Waals surface area contributed by atoms with Crippen LogP contribution in [0.15, 0.2) is 18.3 Å². The third kappa shape index (κ3) is 3.23. The summed E-state index contributed by atoms with van der Waals surface area (Å²) < 4.78 is 5.20. The fourth-order valence-corrected chi connectivity index (χ4v) is 2.48. The molecule has 0 radical (unpaired) electrons. The Morgan fingerprint density at radius 1 is 1.63 bits per heavy atom. The second kappa shape index (κ2) is 6.52. The summed E-state index contributed by atoms with van der Waals surface area (Å²) in [7, 11) is 1.73. The summed E-state index contributed by atoms with van der Waals surface area (Å²) in [5.74, 6) is 1.25. The number of rotatable bonds is 5. The van der Waals surface area contributed by atoms with Crippen LogP contribution in [0.5, 0.6) is 0 Å². The number of ether oxygens (including phenoxy) is 1. The zero-order chi connectivity index (χ0) is 13.7. The number of aromatic nitrogens is 1. The van der Waals surface area contributed by atoms with Gasteiger partial charge in [-0.25, -0.2) is 4.98 Å². The Kier molecular flexibility index (Phi) is 4.74. The fraction of sp³-hybridized carbons (Fsp3) is 0.571. The summed E-state index contributed by atoms with van der Waals surface area (Å²) in [5.41, 5.74) is 0.655. The van der Waals surface area contributed by atoms with Crippen molar-refractivity contribution in [3.8, 4) is 0 Å². The second-order valence-corrected chi connectivity index (χ2v) is 4.79. The Morgan fingerprint density at radius 3 is 3.21 bits per heavy atom. The van der Waals surface area contributed by atoms with Crippen molar-refractivity contribution in [2.75, 3.05) is 38.3 Å². The van der Waals surface area contributed by atoms with Crippen LogP contribution in [-0.2, 0) is 4.74 Å². The minimum Gasteiger partial charge on any atom is -0.384 e. The van der Waals surface area contributed by atoms with Gasteiger partial charge in [-0.1, -0.05) is 0 Å². The van der Waals surface area contributed by atoms with Gasteiger partial charge in [0.25, 0.3) is 5.91 Å². The quantitative estimate of drug-likeness (QED) is 0.870. The molecule has 0 aromatic carbocycles. The number of nitrogens with one attached hydrogen (secondary N) is 1. The average molecular weight is 263 g/mol. The number of hydrogen-bond acceptors (Lipinski definition) is 4. The molecule has 5 nitrogen and oxygen atoms in total. The van der Waals surface area contributed by atoms with Gasteiger partial charge in [-0.2, -0.15) is 0 Å². The summed E-state index contributed by atoms with van der Waals surface area (Å²) in [6.07, 6.45) is 2.82. The van der Waals surface area contributed by atoms with Crippen molar-refractivity contribution in [1.82, 2.24) is 10.3 Å². The molecule has 19 heavy (non-hydrogen) atoms. The van der Waals surface area contributed by atoms with Crippen LogP contribution in [-0.4, -0.2) is 44.2 Å². The predicted molar refractivity (Wildman–Crippen MR) is 74.4 cm³/mol. The van der Waals surface area contributed by atoms with Crippen molar-refractivity contribution in [3.05, 3.63) is 23.9 Å². The molecule has 1 amide bonds. The Morgan fingerprint density at radius 2 is 2.47 bits per heavy atom. The summed E-state index contributed by atoms with van der Waals surface area (Å²) >= 11 is 0. The molecule has 1 atom stereocenters. The molecule has 0 unspecified atom stereocenters. The molecular weight excluding hydrogens is 242 g/mol. The number of carbonyl (C=O) groups excluding carboxylic acids is 1. The highest BCUT2D eigenvalue weighted by Crippen LogP contribution is 2.25. The van der Waals surface area contributed by atoms with E-state index < -0.39 is 0 Å². The summed E-state index contributed by atoms with van der Waals surface area (Å²) in [5, 5.41) is 2.83. The SMILES string of the molecule is CCNC(=O)c1cccnc1N1CC[C@H](COC)C1. The van der Waals surface area contributed by atoms with Gasteiger partial charge in [0.1, 0.15) is 5.82 Å². The maximum absolute atomic E-state index is 12.0. The predicted octanol–water partition coefficient (Wildman–Crippen LogP) is 1.30. The van der Waals surface area contributed by atoms with E-state index in [1.165, 1.54) is 0 Å². The number of anilines is 1. The van der Waals surface area contributed by atoms with Crippen molar-refractivity contribution in [2.45, 2.75) is 13.3 Å². The molecule has 1 aliphatic heterocycles. The lowest BCUT2D eigenvalue weighted by Gasteiger charge is -2.20. The topological polar surface area (TPSA) is 54.5 Å². The van der Waals surface area contributed by atoms with Crippen molar-refractivity contribution in [1.29, 1.82) is 0 Å². The monoisotopic (exact) mass is 263 g/mol. The Bertz CT molecular complexity index is 436. The molecule has 1 N–H and O–H groups in total. The van der Waals surface area contributed by atoms with Gasteiger partial charge in [-0.05, 0) is 25.5 Å². The van der Waals surface area contributed by atoms with E-state index in [1.54, 1.807) is 19.4 Å². The number of amides is 1. The molecule has 1 aromatic rings. The number of hydrogen-bond donors (Lipinski definition) is 1. The molecule has 1 aromatic heterocycles. The first kappa shape index (κ1) is 13.8. The molecule has 0 spiro atoms.